The molecule has 4 aromatic heterocycles. The van der Waals surface area contributed by atoms with Gasteiger partial charge in [-0.05, 0) is 73.8 Å². The van der Waals surface area contributed by atoms with Crippen molar-refractivity contribution in [3.8, 4) is 23.3 Å². The monoisotopic (exact) mass is 860 g/mol. The average molecular weight is 861 g/mol. The molecule has 61 heavy (non-hydrogen) atoms. The first kappa shape index (κ1) is 40.9. The molecule has 4 aliphatic rings. The second-order valence-electron chi connectivity index (χ2n) is 18.6. The first-order valence-corrected chi connectivity index (χ1v) is 21.3. The number of carbonyl (C=O) groups is 2. The molecule has 0 radical (unpaired) electrons. The highest BCUT2D eigenvalue weighted by Crippen LogP contribution is 2.47. The molecule has 9 rings (SSSR count). The van der Waals surface area contributed by atoms with Gasteiger partial charge in [-0.3, -0.25) is 24.8 Å². The molecule has 4 atom stereocenters. The SMILES string of the molecule is Cn1cc2c(n1)c(-c1ncc(F)c3sc(NC(=O)OC(C)(C)C)c(C#N)c13)c(F)c1nc(OC[C@@]34CCCN3C[C@H](F)C4)nc(N3C[C@H]4CC[C@@H](C3)N4C(=O)OC(C)(C)C)c12. The number of rotatable bonds is 6. The molecule has 322 valence electrons. The number of nitriles is 1. The number of hydrogen-bond donors (Lipinski definition) is 1. The highest BCUT2D eigenvalue weighted by atomic mass is 32.1. The van der Waals surface area contributed by atoms with E-state index in [-0.39, 0.29) is 67.6 Å². The number of alkyl halides is 1. The molecule has 8 heterocycles. The minimum absolute atomic E-state index is 0.00146. The number of carbonyl (C=O) groups excluding carboxylic acids is 2. The van der Waals surface area contributed by atoms with Crippen LogP contribution in [0.15, 0.2) is 12.4 Å². The largest absolute Gasteiger partial charge is 0.461 e. The van der Waals surface area contributed by atoms with Crippen molar-refractivity contribution in [1.82, 2.24) is 34.5 Å². The summed E-state index contributed by atoms with van der Waals surface area (Å²) in [5.41, 5.74) is -2.43. The maximum atomic E-state index is 17.9. The van der Waals surface area contributed by atoms with E-state index in [4.69, 9.17) is 24.2 Å². The second kappa shape index (κ2) is 14.6. The van der Waals surface area contributed by atoms with Gasteiger partial charge in [0, 0.05) is 50.1 Å². The molecule has 15 nitrogen and oxygen atoms in total. The van der Waals surface area contributed by atoms with Crippen LogP contribution in [-0.4, -0.2) is 115 Å². The quantitative estimate of drug-likeness (QED) is 0.176. The summed E-state index contributed by atoms with van der Waals surface area (Å²) in [5, 5.41) is 18.5. The van der Waals surface area contributed by atoms with Gasteiger partial charge in [-0.15, -0.1) is 11.3 Å². The van der Waals surface area contributed by atoms with Crippen LogP contribution in [0.5, 0.6) is 6.01 Å². The first-order valence-electron chi connectivity index (χ1n) is 20.5. The normalized spacial score (nSPS) is 22.9. The number of hydrogen-bond acceptors (Lipinski definition) is 13. The van der Waals surface area contributed by atoms with Crippen LogP contribution < -0.4 is 15.0 Å². The molecule has 0 spiro atoms. The number of halogens is 3. The van der Waals surface area contributed by atoms with E-state index >= 15 is 8.78 Å². The number of thiophene rings is 1. The molecule has 2 amide bonds. The lowest BCUT2D eigenvalue weighted by Gasteiger charge is -2.42. The number of nitrogens with zero attached hydrogens (tertiary/aromatic N) is 9. The maximum absolute atomic E-state index is 17.9. The number of aryl methyl sites for hydroxylation is 1. The molecule has 0 saturated carbocycles. The van der Waals surface area contributed by atoms with Crippen LogP contribution in [-0.2, 0) is 16.5 Å². The Kier molecular flexibility index (Phi) is 9.77. The Bertz CT molecular complexity index is 2660. The van der Waals surface area contributed by atoms with E-state index in [0.717, 1.165) is 49.8 Å². The zero-order valence-corrected chi connectivity index (χ0v) is 35.9. The summed E-state index contributed by atoms with van der Waals surface area (Å²) >= 11 is 0.802. The van der Waals surface area contributed by atoms with Crippen molar-refractivity contribution < 1.29 is 37.0 Å². The Morgan fingerprint density at radius 2 is 1.75 bits per heavy atom. The lowest BCUT2D eigenvalue weighted by Crippen LogP contribution is -2.57. The number of aromatic nitrogens is 5. The van der Waals surface area contributed by atoms with E-state index in [1.54, 1.807) is 38.9 Å². The Balaban J connectivity index is 1.21. The van der Waals surface area contributed by atoms with Crippen LogP contribution in [0.4, 0.5) is 33.6 Å². The Morgan fingerprint density at radius 1 is 1.03 bits per heavy atom. The third kappa shape index (κ3) is 7.20. The molecule has 0 aliphatic carbocycles. The molecule has 4 fully saturated rings. The minimum Gasteiger partial charge on any atom is -0.461 e. The fourth-order valence-electron chi connectivity index (χ4n) is 9.61. The number of benzene rings is 1. The average Bonchev–Trinajstić information content (AvgIpc) is 3.96. The summed E-state index contributed by atoms with van der Waals surface area (Å²) in [6.45, 7) is 12.4. The van der Waals surface area contributed by atoms with Crippen LogP contribution in [0.1, 0.15) is 79.2 Å². The molecule has 1 aromatic carbocycles. The zero-order valence-electron chi connectivity index (χ0n) is 35.1. The van der Waals surface area contributed by atoms with E-state index in [0.29, 0.717) is 42.6 Å². The molecule has 4 saturated heterocycles. The molecular weight excluding hydrogens is 814 g/mol. The number of piperazine rings is 1. The second-order valence-corrected chi connectivity index (χ2v) is 19.6. The third-order valence-corrected chi connectivity index (χ3v) is 13.0. The summed E-state index contributed by atoms with van der Waals surface area (Å²) < 4.78 is 67.5. The van der Waals surface area contributed by atoms with E-state index in [1.165, 1.54) is 4.68 Å². The van der Waals surface area contributed by atoms with Gasteiger partial charge in [0.15, 0.2) is 11.6 Å². The molecule has 5 aromatic rings. The Hall–Kier alpha value is -5.48. The number of amides is 2. The smallest absolute Gasteiger partial charge is 0.412 e. The fraction of sp³-hybridized carbons (Fsp3) is 0.548. The van der Waals surface area contributed by atoms with Crippen molar-refractivity contribution in [3.63, 3.8) is 0 Å². The van der Waals surface area contributed by atoms with Gasteiger partial charge < -0.3 is 19.1 Å². The minimum atomic E-state index is -0.997. The van der Waals surface area contributed by atoms with Gasteiger partial charge in [0.1, 0.15) is 51.9 Å². The molecule has 0 unspecified atom stereocenters. The topological polar surface area (TPSA) is 164 Å². The van der Waals surface area contributed by atoms with Gasteiger partial charge in [-0.2, -0.15) is 20.3 Å². The van der Waals surface area contributed by atoms with E-state index in [2.05, 4.69) is 26.4 Å². The van der Waals surface area contributed by atoms with Crippen molar-refractivity contribution in [3.05, 3.63) is 29.6 Å². The van der Waals surface area contributed by atoms with Gasteiger partial charge in [0.25, 0.3) is 0 Å². The fourth-order valence-corrected chi connectivity index (χ4v) is 10.6. The van der Waals surface area contributed by atoms with Gasteiger partial charge in [0.05, 0.1) is 50.7 Å². The number of anilines is 2. The summed E-state index contributed by atoms with van der Waals surface area (Å²) in [6.07, 6.45) is 3.80. The highest BCUT2D eigenvalue weighted by molar-refractivity contribution is 7.23. The predicted octanol–water partition coefficient (Wildman–Crippen LogP) is 7.83. The van der Waals surface area contributed by atoms with Crippen LogP contribution in [0, 0.1) is 23.0 Å². The van der Waals surface area contributed by atoms with Crippen molar-refractivity contribution >= 4 is 66.2 Å². The van der Waals surface area contributed by atoms with Crippen LogP contribution in [0.25, 0.3) is 43.1 Å². The third-order valence-electron chi connectivity index (χ3n) is 11.9. The van der Waals surface area contributed by atoms with Gasteiger partial charge in [0.2, 0.25) is 0 Å². The Labute approximate surface area is 353 Å². The summed E-state index contributed by atoms with van der Waals surface area (Å²) in [4.78, 5) is 46.3. The predicted molar refractivity (Wildman–Crippen MR) is 223 cm³/mol. The van der Waals surface area contributed by atoms with E-state index in [9.17, 15) is 19.2 Å². The molecule has 1 N–H and O–H groups in total. The maximum Gasteiger partial charge on any atom is 0.412 e. The van der Waals surface area contributed by atoms with Gasteiger partial charge in [-0.25, -0.2) is 22.8 Å². The van der Waals surface area contributed by atoms with Crippen molar-refractivity contribution in [2.24, 2.45) is 7.05 Å². The number of nitrogens with one attached hydrogen (secondary N) is 1. The van der Waals surface area contributed by atoms with Crippen molar-refractivity contribution in [2.75, 3.05) is 43.0 Å². The standard InChI is InChI=1S/C42H47F3N10O5S/c1-40(2,3)59-38(56)50-36-24(14-46)27-32(47-15-26(44)34(27)61-36)29-30(45)33-28(25-19-52(7)51-31(25)29)35(49-37(48-33)58-20-42-11-8-12-54(42)16-21(43)13-42)53-17-22-9-10-23(18-53)55(22)39(57)60-41(4,5)6/h15,19,21-23H,8-13,16-18,20H2,1-7H3,(H,50,56)/t21-,22-,23+,42+/m1/s1. The van der Waals surface area contributed by atoms with Crippen molar-refractivity contribution in [1.29, 1.82) is 5.26 Å². The van der Waals surface area contributed by atoms with Gasteiger partial charge in [-0.1, -0.05) is 0 Å². The summed E-state index contributed by atoms with van der Waals surface area (Å²) in [5.74, 6) is -1.28. The number of ether oxygens (including phenoxy) is 3. The Morgan fingerprint density at radius 3 is 2.44 bits per heavy atom. The van der Waals surface area contributed by atoms with E-state index < -0.39 is 46.7 Å². The van der Waals surface area contributed by atoms with E-state index in [1.807, 2.05) is 25.7 Å². The lowest BCUT2D eigenvalue weighted by atomic mass is 9.95. The summed E-state index contributed by atoms with van der Waals surface area (Å²) in [6, 6.07) is 1.51. The number of pyridine rings is 1. The van der Waals surface area contributed by atoms with Gasteiger partial charge >= 0.3 is 18.2 Å². The molecular formula is C42H47F3N10O5S. The highest BCUT2D eigenvalue weighted by Gasteiger charge is 2.50. The molecule has 4 aliphatic heterocycles. The van der Waals surface area contributed by atoms with Crippen LogP contribution >= 0.6 is 11.3 Å². The van der Waals surface area contributed by atoms with Crippen LogP contribution in [0.2, 0.25) is 0 Å². The number of fused-ring (bicyclic) bond motifs is 7. The summed E-state index contributed by atoms with van der Waals surface area (Å²) in [7, 11) is 1.68. The molecule has 19 heteroatoms. The first-order chi connectivity index (χ1) is 28.8. The lowest BCUT2D eigenvalue weighted by molar-refractivity contribution is 0.0122. The van der Waals surface area contributed by atoms with Crippen LogP contribution in [0.3, 0.4) is 0 Å². The molecule has 2 bridgehead atoms. The zero-order chi connectivity index (χ0) is 43.3. The van der Waals surface area contributed by atoms with Crippen molar-refractivity contribution in [2.45, 2.75) is 109 Å².